The van der Waals surface area contributed by atoms with Crippen LogP contribution in [0.3, 0.4) is 0 Å². The highest BCUT2D eigenvalue weighted by molar-refractivity contribution is 5.87. The number of nitrogens with one attached hydrogen (secondary N) is 2. The molecule has 1 saturated carbocycles. The van der Waals surface area contributed by atoms with Gasteiger partial charge in [-0.3, -0.25) is 9.69 Å². The van der Waals surface area contributed by atoms with E-state index < -0.39 is 12.1 Å². The predicted molar refractivity (Wildman–Crippen MR) is 134 cm³/mol. The fourth-order valence-electron chi connectivity index (χ4n) is 5.55. The van der Waals surface area contributed by atoms with Crippen molar-refractivity contribution in [3.05, 3.63) is 65.9 Å². The number of hydrogen-bond donors (Lipinski definition) is 2. The summed E-state index contributed by atoms with van der Waals surface area (Å²) < 4.78 is 10.9. The highest BCUT2D eigenvalue weighted by Crippen LogP contribution is 2.38. The molecule has 1 aliphatic heterocycles. The van der Waals surface area contributed by atoms with Crippen LogP contribution >= 0.6 is 0 Å². The molecule has 3 aromatic rings. The van der Waals surface area contributed by atoms with Crippen molar-refractivity contribution in [2.75, 3.05) is 13.7 Å². The van der Waals surface area contributed by atoms with E-state index in [9.17, 15) is 9.59 Å². The number of benzene rings is 2. The van der Waals surface area contributed by atoms with E-state index in [1.54, 1.807) is 12.0 Å². The van der Waals surface area contributed by atoms with E-state index in [4.69, 9.17) is 9.47 Å². The van der Waals surface area contributed by atoms with Crippen molar-refractivity contribution in [1.29, 1.82) is 0 Å². The molecule has 7 nitrogen and oxygen atoms in total. The molecule has 1 aromatic heterocycles. The minimum Gasteiger partial charge on any atom is -0.497 e. The molecule has 2 N–H and O–H groups in total. The lowest BCUT2D eigenvalue weighted by molar-refractivity contribution is -0.126. The van der Waals surface area contributed by atoms with Gasteiger partial charge in [-0.15, -0.1) is 0 Å². The van der Waals surface area contributed by atoms with E-state index in [0.29, 0.717) is 18.9 Å². The molecule has 1 saturated heterocycles. The van der Waals surface area contributed by atoms with Crippen LogP contribution in [0.2, 0.25) is 0 Å². The SMILES string of the molecule is COc1ccc2[nH]cc([C@@H]3CCC[C@H](NC(=O)[C@@H]4CCCN4C(=O)OCc4ccccc4)C3)c2c1. The fraction of sp³-hybridized carbons (Fsp3) is 0.429. The minimum absolute atomic E-state index is 0.0644. The lowest BCUT2D eigenvalue weighted by atomic mass is 9.81. The quantitative estimate of drug-likeness (QED) is 0.518. The second-order valence-corrected chi connectivity index (χ2v) is 9.62. The number of nitrogens with zero attached hydrogens (tertiary/aromatic N) is 1. The van der Waals surface area contributed by atoms with Gasteiger partial charge in [-0.1, -0.05) is 36.8 Å². The Bertz CT molecular complexity index is 1180. The highest BCUT2D eigenvalue weighted by atomic mass is 16.6. The van der Waals surface area contributed by atoms with Gasteiger partial charge in [0.2, 0.25) is 5.91 Å². The Morgan fingerprint density at radius 2 is 1.94 bits per heavy atom. The van der Waals surface area contributed by atoms with Crippen LogP contribution in [0.5, 0.6) is 5.75 Å². The topological polar surface area (TPSA) is 83.7 Å². The molecular weight excluding hydrogens is 442 g/mol. The maximum Gasteiger partial charge on any atom is 0.410 e. The Morgan fingerprint density at radius 3 is 2.77 bits per heavy atom. The smallest absolute Gasteiger partial charge is 0.410 e. The highest BCUT2D eigenvalue weighted by Gasteiger charge is 2.36. The zero-order valence-electron chi connectivity index (χ0n) is 20.2. The molecule has 2 heterocycles. The van der Waals surface area contributed by atoms with Crippen molar-refractivity contribution < 1.29 is 19.1 Å². The first-order valence-corrected chi connectivity index (χ1v) is 12.5. The number of fused-ring (bicyclic) bond motifs is 1. The zero-order valence-corrected chi connectivity index (χ0v) is 20.2. The van der Waals surface area contributed by atoms with Gasteiger partial charge < -0.3 is 19.8 Å². The van der Waals surface area contributed by atoms with Crippen LogP contribution in [-0.2, 0) is 16.1 Å². The van der Waals surface area contributed by atoms with Crippen molar-refractivity contribution in [3.8, 4) is 5.75 Å². The molecule has 184 valence electrons. The Hall–Kier alpha value is -3.48. The van der Waals surface area contributed by atoms with Gasteiger partial charge in [-0.05, 0) is 67.3 Å². The second-order valence-electron chi connectivity index (χ2n) is 9.62. The summed E-state index contributed by atoms with van der Waals surface area (Å²) in [5.41, 5.74) is 3.32. The first-order chi connectivity index (χ1) is 17.1. The number of aromatic amines is 1. The third-order valence-electron chi connectivity index (χ3n) is 7.38. The van der Waals surface area contributed by atoms with E-state index in [0.717, 1.165) is 48.9 Å². The normalized spacial score (nSPS) is 22.2. The minimum atomic E-state index is -0.462. The summed E-state index contributed by atoms with van der Waals surface area (Å²) in [5.74, 6) is 1.15. The summed E-state index contributed by atoms with van der Waals surface area (Å²) in [4.78, 5) is 30.9. The number of likely N-dealkylation sites (tertiary alicyclic amines) is 1. The number of methoxy groups -OCH3 is 1. The first kappa shape index (κ1) is 23.3. The lowest BCUT2D eigenvalue weighted by Crippen LogP contribution is -2.49. The molecule has 0 spiro atoms. The van der Waals surface area contributed by atoms with Gasteiger partial charge in [0.15, 0.2) is 0 Å². The Balaban J connectivity index is 1.20. The Morgan fingerprint density at radius 1 is 1.09 bits per heavy atom. The lowest BCUT2D eigenvalue weighted by Gasteiger charge is -2.31. The molecule has 2 fully saturated rings. The van der Waals surface area contributed by atoms with Gasteiger partial charge in [0.1, 0.15) is 18.4 Å². The third-order valence-corrected chi connectivity index (χ3v) is 7.38. The summed E-state index contributed by atoms with van der Waals surface area (Å²) in [5, 5.41) is 4.44. The molecule has 2 aliphatic rings. The number of aromatic nitrogens is 1. The summed E-state index contributed by atoms with van der Waals surface area (Å²) in [6, 6.07) is 15.3. The molecular formula is C28H33N3O4. The number of amides is 2. The predicted octanol–water partition coefficient (Wildman–Crippen LogP) is 5.12. The first-order valence-electron chi connectivity index (χ1n) is 12.5. The van der Waals surface area contributed by atoms with Gasteiger partial charge in [-0.2, -0.15) is 0 Å². The Labute approximate surface area is 205 Å². The number of rotatable bonds is 6. The van der Waals surface area contributed by atoms with Gasteiger partial charge in [-0.25, -0.2) is 4.79 Å². The van der Waals surface area contributed by atoms with E-state index in [2.05, 4.69) is 22.6 Å². The molecule has 0 bridgehead atoms. The standard InChI is InChI=1S/C28H33N3O4/c1-34-22-12-13-25-23(16-22)24(17-29-25)20-9-5-10-21(15-20)30-27(32)26-11-6-14-31(26)28(33)35-18-19-7-3-2-4-8-19/h2-4,7-8,12-13,16-17,20-21,26,29H,5-6,9-11,14-15,18H2,1H3,(H,30,32)/t20-,21+,26+/m1/s1. The van der Waals surface area contributed by atoms with Gasteiger partial charge in [0.25, 0.3) is 0 Å². The van der Waals surface area contributed by atoms with Crippen molar-refractivity contribution >= 4 is 22.9 Å². The van der Waals surface area contributed by atoms with Crippen LogP contribution in [-0.4, -0.2) is 47.6 Å². The van der Waals surface area contributed by atoms with Crippen molar-refractivity contribution in [3.63, 3.8) is 0 Å². The second kappa shape index (κ2) is 10.4. The Kier molecular flexibility index (Phi) is 6.93. The molecule has 7 heteroatoms. The van der Waals surface area contributed by atoms with Crippen LogP contribution in [0.15, 0.2) is 54.7 Å². The van der Waals surface area contributed by atoms with Gasteiger partial charge in [0.05, 0.1) is 7.11 Å². The monoisotopic (exact) mass is 475 g/mol. The molecule has 3 atom stereocenters. The summed E-state index contributed by atoms with van der Waals surface area (Å²) in [6.45, 7) is 0.764. The molecule has 0 unspecified atom stereocenters. The molecule has 0 radical (unpaired) electrons. The number of H-pyrrole nitrogens is 1. The van der Waals surface area contributed by atoms with E-state index in [-0.39, 0.29) is 18.6 Å². The molecule has 2 aromatic carbocycles. The van der Waals surface area contributed by atoms with Crippen LogP contribution in [0.25, 0.3) is 10.9 Å². The maximum atomic E-state index is 13.2. The number of ether oxygens (including phenoxy) is 2. The maximum absolute atomic E-state index is 13.2. The van der Waals surface area contributed by atoms with Crippen LogP contribution in [0, 0.1) is 0 Å². The molecule has 35 heavy (non-hydrogen) atoms. The van der Waals surface area contributed by atoms with Crippen molar-refractivity contribution in [2.45, 2.75) is 63.1 Å². The van der Waals surface area contributed by atoms with E-state index in [1.165, 1.54) is 10.9 Å². The van der Waals surface area contributed by atoms with Gasteiger partial charge >= 0.3 is 6.09 Å². The number of carbonyl (C=O) groups is 2. The van der Waals surface area contributed by atoms with Crippen molar-refractivity contribution in [2.24, 2.45) is 0 Å². The average molecular weight is 476 g/mol. The van der Waals surface area contributed by atoms with Crippen molar-refractivity contribution in [1.82, 2.24) is 15.2 Å². The summed E-state index contributed by atoms with van der Waals surface area (Å²) in [7, 11) is 1.68. The van der Waals surface area contributed by atoms with E-state index >= 15 is 0 Å². The fourth-order valence-corrected chi connectivity index (χ4v) is 5.55. The summed E-state index contributed by atoms with van der Waals surface area (Å²) >= 11 is 0. The number of hydrogen-bond acceptors (Lipinski definition) is 4. The van der Waals surface area contributed by atoms with Crippen LogP contribution in [0.1, 0.15) is 55.6 Å². The van der Waals surface area contributed by atoms with E-state index in [1.807, 2.05) is 42.5 Å². The third kappa shape index (κ3) is 5.14. The van der Waals surface area contributed by atoms with Crippen LogP contribution < -0.4 is 10.1 Å². The number of carbonyl (C=O) groups excluding carboxylic acids is 2. The molecule has 1 aliphatic carbocycles. The molecule has 5 rings (SSSR count). The van der Waals surface area contributed by atoms with Crippen LogP contribution in [0.4, 0.5) is 4.79 Å². The zero-order chi connectivity index (χ0) is 24.2. The largest absolute Gasteiger partial charge is 0.497 e. The van der Waals surface area contributed by atoms with Gasteiger partial charge in [0, 0.05) is 29.7 Å². The summed E-state index contributed by atoms with van der Waals surface area (Å²) in [6.07, 6.45) is 7.16. The molecule has 2 amide bonds. The average Bonchev–Trinajstić information content (AvgIpc) is 3.55.